The van der Waals surface area contributed by atoms with Crippen molar-refractivity contribution < 1.29 is 10.0 Å². The van der Waals surface area contributed by atoms with Crippen LogP contribution in [0.2, 0.25) is 0 Å². The van der Waals surface area contributed by atoms with Gasteiger partial charge in [0.05, 0.1) is 6.42 Å². The molecule has 0 aromatic rings. The van der Waals surface area contributed by atoms with E-state index in [0.717, 1.165) is 6.42 Å². The molecular weight excluding hydrogens is 194 g/mol. The Bertz CT molecular complexity index is 254. The van der Waals surface area contributed by atoms with E-state index in [4.69, 9.17) is 10.9 Å². The van der Waals surface area contributed by atoms with Crippen molar-refractivity contribution in [2.75, 3.05) is 6.54 Å². The lowest BCUT2D eigenvalue weighted by atomic mass is 9.67. The van der Waals surface area contributed by atoms with Crippen molar-refractivity contribution in [2.45, 2.75) is 39.0 Å². The monoisotopic (exact) mass is 213 g/mol. The van der Waals surface area contributed by atoms with Gasteiger partial charge >= 0.3 is 0 Å². The number of hydrogen-bond acceptors (Lipinski definition) is 3. The summed E-state index contributed by atoms with van der Waals surface area (Å²) in [4.78, 5) is 11.3. The maximum atomic E-state index is 11.3. The molecule has 0 heterocycles. The van der Waals surface area contributed by atoms with E-state index < -0.39 is 0 Å². The minimum atomic E-state index is -0.176. The third-order valence-corrected chi connectivity index (χ3v) is 3.29. The molecule has 0 aromatic carbocycles. The van der Waals surface area contributed by atoms with Crippen LogP contribution in [0.3, 0.4) is 0 Å². The molecule has 0 bridgehead atoms. The number of carbonyl (C=O) groups excluding carboxylic acids is 1. The normalized spacial score (nSPS) is 19.4. The zero-order valence-corrected chi connectivity index (χ0v) is 9.12. The Labute approximate surface area is 89.7 Å². The third-order valence-electron chi connectivity index (χ3n) is 3.29. The fourth-order valence-electron chi connectivity index (χ4n) is 1.88. The van der Waals surface area contributed by atoms with Gasteiger partial charge in [-0.1, -0.05) is 18.5 Å². The van der Waals surface area contributed by atoms with Crippen LogP contribution in [0.4, 0.5) is 0 Å². The standard InChI is InChI=1S/C10H19N3O2/c1-2-10(4-3-5-10)7-12-9(14)6-8(11)13-15/h15H,2-7H2,1H3,(H2,11,13)(H,12,14). The second kappa shape index (κ2) is 5.00. The lowest BCUT2D eigenvalue weighted by Crippen LogP contribution is -2.42. The van der Waals surface area contributed by atoms with Crippen LogP contribution in [0.25, 0.3) is 0 Å². The summed E-state index contributed by atoms with van der Waals surface area (Å²) < 4.78 is 0. The Balaban J connectivity index is 2.27. The fraction of sp³-hybridized carbons (Fsp3) is 0.800. The van der Waals surface area contributed by atoms with Gasteiger partial charge in [0.1, 0.15) is 5.84 Å². The Kier molecular flexibility index (Phi) is 3.94. The highest BCUT2D eigenvalue weighted by Gasteiger charge is 2.35. The molecule has 4 N–H and O–H groups in total. The minimum Gasteiger partial charge on any atom is -0.409 e. The Morgan fingerprint density at radius 1 is 1.60 bits per heavy atom. The molecule has 1 aliphatic carbocycles. The van der Waals surface area contributed by atoms with E-state index in [0.29, 0.717) is 12.0 Å². The van der Waals surface area contributed by atoms with Crippen molar-refractivity contribution in [1.29, 1.82) is 0 Å². The first-order valence-electron chi connectivity index (χ1n) is 5.35. The molecule has 1 aliphatic rings. The molecule has 15 heavy (non-hydrogen) atoms. The van der Waals surface area contributed by atoms with Gasteiger partial charge in [0.15, 0.2) is 0 Å². The van der Waals surface area contributed by atoms with Crippen LogP contribution < -0.4 is 11.1 Å². The van der Waals surface area contributed by atoms with Crippen LogP contribution in [0, 0.1) is 5.41 Å². The second-order valence-corrected chi connectivity index (χ2v) is 4.25. The molecular formula is C10H19N3O2. The summed E-state index contributed by atoms with van der Waals surface area (Å²) in [5.74, 6) is -0.225. The number of amidine groups is 1. The number of oxime groups is 1. The predicted molar refractivity (Wildman–Crippen MR) is 57.6 cm³/mol. The Hall–Kier alpha value is -1.26. The molecule has 0 radical (unpaired) electrons. The topological polar surface area (TPSA) is 87.7 Å². The van der Waals surface area contributed by atoms with Crippen LogP contribution in [0.1, 0.15) is 39.0 Å². The molecule has 1 fully saturated rings. The Morgan fingerprint density at radius 2 is 2.27 bits per heavy atom. The average Bonchev–Trinajstić information content (AvgIpc) is 2.16. The Morgan fingerprint density at radius 3 is 2.67 bits per heavy atom. The number of amides is 1. The molecule has 86 valence electrons. The van der Waals surface area contributed by atoms with Gasteiger partial charge in [0.2, 0.25) is 5.91 Å². The fourth-order valence-corrected chi connectivity index (χ4v) is 1.88. The van der Waals surface area contributed by atoms with Gasteiger partial charge in [0, 0.05) is 6.54 Å². The first-order valence-corrected chi connectivity index (χ1v) is 5.35. The quantitative estimate of drug-likeness (QED) is 0.273. The van der Waals surface area contributed by atoms with Gasteiger partial charge in [-0.25, -0.2) is 0 Å². The summed E-state index contributed by atoms with van der Waals surface area (Å²) in [6.45, 7) is 2.86. The maximum Gasteiger partial charge on any atom is 0.227 e. The minimum absolute atomic E-state index is 0.0315. The number of nitrogens with two attached hydrogens (primary N) is 1. The van der Waals surface area contributed by atoms with Crippen LogP contribution in [0.5, 0.6) is 0 Å². The lowest BCUT2D eigenvalue weighted by Gasteiger charge is -2.41. The molecule has 0 aromatic heterocycles. The molecule has 0 saturated heterocycles. The van der Waals surface area contributed by atoms with Crippen LogP contribution in [0.15, 0.2) is 5.16 Å². The van der Waals surface area contributed by atoms with Gasteiger partial charge in [-0.05, 0) is 24.7 Å². The van der Waals surface area contributed by atoms with Crippen LogP contribution in [-0.2, 0) is 4.79 Å². The molecule has 0 aliphatic heterocycles. The van der Waals surface area contributed by atoms with Crippen molar-refractivity contribution in [1.82, 2.24) is 5.32 Å². The predicted octanol–water partition coefficient (Wildman–Crippen LogP) is 0.819. The number of nitrogens with zero attached hydrogens (tertiary/aromatic N) is 1. The molecule has 5 heteroatoms. The van der Waals surface area contributed by atoms with Gasteiger partial charge in [-0.2, -0.15) is 0 Å². The number of carbonyl (C=O) groups is 1. The van der Waals surface area contributed by atoms with E-state index in [1.807, 2.05) is 0 Å². The van der Waals surface area contributed by atoms with Crippen molar-refractivity contribution in [2.24, 2.45) is 16.3 Å². The summed E-state index contributed by atoms with van der Waals surface area (Å²) in [5, 5.41) is 13.9. The van der Waals surface area contributed by atoms with Crippen molar-refractivity contribution in [3.05, 3.63) is 0 Å². The van der Waals surface area contributed by atoms with E-state index >= 15 is 0 Å². The number of hydrogen-bond donors (Lipinski definition) is 3. The van der Waals surface area contributed by atoms with E-state index in [2.05, 4.69) is 17.4 Å². The van der Waals surface area contributed by atoms with Gasteiger partial charge in [0.25, 0.3) is 0 Å². The summed E-state index contributed by atoms with van der Waals surface area (Å²) in [5.41, 5.74) is 5.54. The lowest BCUT2D eigenvalue weighted by molar-refractivity contribution is -0.120. The highest BCUT2D eigenvalue weighted by Crippen LogP contribution is 2.42. The van der Waals surface area contributed by atoms with E-state index in [1.54, 1.807) is 0 Å². The van der Waals surface area contributed by atoms with Crippen molar-refractivity contribution in [3.63, 3.8) is 0 Å². The van der Waals surface area contributed by atoms with E-state index in [9.17, 15) is 4.79 Å². The summed E-state index contributed by atoms with van der Waals surface area (Å²) >= 11 is 0. The molecule has 1 amide bonds. The van der Waals surface area contributed by atoms with Gasteiger partial charge in [-0.15, -0.1) is 0 Å². The molecule has 0 atom stereocenters. The van der Waals surface area contributed by atoms with Crippen molar-refractivity contribution >= 4 is 11.7 Å². The summed E-state index contributed by atoms with van der Waals surface area (Å²) in [7, 11) is 0. The molecule has 0 unspecified atom stereocenters. The largest absolute Gasteiger partial charge is 0.409 e. The zero-order chi connectivity index (χ0) is 11.3. The summed E-state index contributed by atoms with van der Waals surface area (Å²) in [6.07, 6.45) is 4.69. The first kappa shape index (κ1) is 11.8. The maximum absolute atomic E-state index is 11.3. The molecule has 5 nitrogen and oxygen atoms in total. The zero-order valence-electron chi connectivity index (χ0n) is 9.12. The van der Waals surface area contributed by atoms with Gasteiger partial charge < -0.3 is 16.3 Å². The summed E-state index contributed by atoms with van der Waals surface area (Å²) in [6, 6.07) is 0. The van der Waals surface area contributed by atoms with Crippen LogP contribution >= 0.6 is 0 Å². The molecule has 0 spiro atoms. The smallest absolute Gasteiger partial charge is 0.227 e. The number of nitrogens with one attached hydrogen (secondary N) is 1. The highest BCUT2D eigenvalue weighted by atomic mass is 16.4. The van der Waals surface area contributed by atoms with E-state index in [1.165, 1.54) is 19.3 Å². The van der Waals surface area contributed by atoms with Crippen molar-refractivity contribution in [3.8, 4) is 0 Å². The van der Waals surface area contributed by atoms with Crippen LogP contribution in [-0.4, -0.2) is 23.5 Å². The number of rotatable bonds is 5. The highest BCUT2D eigenvalue weighted by molar-refractivity contribution is 5.98. The average molecular weight is 213 g/mol. The SMILES string of the molecule is CCC1(CNC(=O)CC(N)=NO)CCC1. The molecule has 1 saturated carbocycles. The first-order chi connectivity index (χ1) is 7.12. The second-order valence-electron chi connectivity index (χ2n) is 4.25. The van der Waals surface area contributed by atoms with Gasteiger partial charge in [-0.3, -0.25) is 4.79 Å². The third kappa shape index (κ3) is 3.11. The van der Waals surface area contributed by atoms with E-state index in [-0.39, 0.29) is 18.2 Å². The molecule has 1 rings (SSSR count).